The second kappa shape index (κ2) is 4.23. The first-order chi connectivity index (χ1) is 5.73. The van der Waals surface area contributed by atoms with Gasteiger partial charge in [-0.05, 0) is 6.42 Å². The van der Waals surface area contributed by atoms with E-state index in [9.17, 15) is 5.11 Å². The molecule has 1 aliphatic rings. The zero-order chi connectivity index (χ0) is 9.03. The molecule has 1 heterocycles. The Balaban J connectivity index is 2.74. The molecule has 0 radical (unpaired) electrons. The van der Waals surface area contributed by atoms with E-state index in [0.717, 1.165) is 6.42 Å². The van der Waals surface area contributed by atoms with Gasteiger partial charge in [0.05, 0.1) is 12.5 Å². The molecule has 1 rings (SSSR count). The van der Waals surface area contributed by atoms with Crippen LogP contribution in [-0.4, -0.2) is 36.6 Å². The average Bonchev–Trinajstić information content (AvgIpc) is 2.28. The molecule has 0 aromatic heterocycles. The Morgan fingerprint density at radius 3 is 3.17 bits per heavy atom. The number of halogens is 1. The number of alkyl halides is 1. The van der Waals surface area contributed by atoms with Gasteiger partial charge in [0.2, 0.25) is 0 Å². The van der Waals surface area contributed by atoms with Gasteiger partial charge in [-0.2, -0.15) is 0 Å². The lowest BCUT2D eigenvalue weighted by Crippen LogP contribution is -2.44. The predicted molar refractivity (Wildman–Crippen MR) is 46.2 cm³/mol. The highest BCUT2D eigenvalue weighted by molar-refractivity contribution is 6.18. The Bertz CT molecular complexity index is 172. The Morgan fingerprint density at radius 1 is 1.83 bits per heavy atom. The van der Waals surface area contributed by atoms with Crippen molar-refractivity contribution in [1.82, 2.24) is 0 Å². The van der Waals surface area contributed by atoms with Gasteiger partial charge < -0.3 is 14.6 Å². The van der Waals surface area contributed by atoms with Gasteiger partial charge in [-0.1, -0.05) is 12.2 Å². The largest absolute Gasteiger partial charge is 0.379 e. The van der Waals surface area contributed by atoms with E-state index < -0.39 is 11.9 Å². The molecule has 0 amide bonds. The van der Waals surface area contributed by atoms with Crippen LogP contribution in [0.4, 0.5) is 0 Å². The summed E-state index contributed by atoms with van der Waals surface area (Å²) < 4.78 is 10.2. The Morgan fingerprint density at radius 2 is 2.58 bits per heavy atom. The van der Waals surface area contributed by atoms with Crippen molar-refractivity contribution >= 4 is 11.6 Å². The van der Waals surface area contributed by atoms with Crippen LogP contribution in [-0.2, 0) is 9.47 Å². The lowest BCUT2D eigenvalue weighted by atomic mass is 10.1. The molecule has 1 unspecified atom stereocenters. The van der Waals surface area contributed by atoms with E-state index in [1.165, 1.54) is 7.11 Å². The molecular weight excluding hydrogens is 180 g/mol. The third kappa shape index (κ3) is 1.98. The summed E-state index contributed by atoms with van der Waals surface area (Å²) in [5.41, 5.74) is -1.19. The molecule has 4 heteroatoms. The maximum Gasteiger partial charge on any atom is 0.190 e. The average molecular weight is 193 g/mol. The van der Waals surface area contributed by atoms with E-state index in [0.29, 0.717) is 6.61 Å². The maximum absolute atomic E-state index is 9.85. The fourth-order valence-corrected chi connectivity index (χ4v) is 1.35. The number of rotatable bonds is 2. The monoisotopic (exact) mass is 192 g/mol. The summed E-state index contributed by atoms with van der Waals surface area (Å²) in [5.74, 6) is 0.0714. The molecule has 0 saturated carbocycles. The van der Waals surface area contributed by atoms with Crippen LogP contribution in [0, 0.1) is 0 Å². The number of methoxy groups -OCH3 is 1. The highest BCUT2D eigenvalue weighted by atomic mass is 35.5. The molecule has 2 atom stereocenters. The molecule has 0 fully saturated rings. The smallest absolute Gasteiger partial charge is 0.190 e. The molecule has 0 aliphatic carbocycles. The minimum atomic E-state index is -1.19. The summed E-state index contributed by atoms with van der Waals surface area (Å²) in [6.45, 7) is 0.550. The molecule has 0 aromatic rings. The molecule has 3 nitrogen and oxygen atoms in total. The number of ether oxygens (including phenoxy) is 2. The van der Waals surface area contributed by atoms with Gasteiger partial charge in [-0.15, -0.1) is 11.6 Å². The first-order valence-electron chi connectivity index (χ1n) is 3.83. The van der Waals surface area contributed by atoms with Crippen molar-refractivity contribution in [3.05, 3.63) is 12.2 Å². The molecule has 1 aliphatic heterocycles. The van der Waals surface area contributed by atoms with E-state index in [1.807, 2.05) is 6.08 Å². The van der Waals surface area contributed by atoms with Gasteiger partial charge in [-0.3, -0.25) is 0 Å². The minimum absolute atomic E-state index is 0.0714. The summed E-state index contributed by atoms with van der Waals surface area (Å²) in [6.07, 6.45) is 3.61. The number of hydrogen-bond acceptors (Lipinski definition) is 3. The van der Waals surface area contributed by atoms with Gasteiger partial charge in [0.15, 0.2) is 6.29 Å². The molecule has 12 heavy (non-hydrogen) atoms. The van der Waals surface area contributed by atoms with Crippen LogP contribution in [0.25, 0.3) is 0 Å². The predicted octanol–water partition coefficient (Wildman–Crippen LogP) is 0.905. The van der Waals surface area contributed by atoms with Crippen molar-refractivity contribution in [2.75, 3.05) is 19.6 Å². The topological polar surface area (TPSA) is 38.7 Å². The molecule has 1 N–H and O–H groups in total. The lowest BCUT2D eigenvalue weighted by molar-refractivity contribution is -0.198. The Hall–Kier alpha value is -0.0900. The van der Waals surface area contributed by atoms with Crippen molar-refractivity contribution in [2.24, 2.45) is 0 Å². The molecule has 0 bridgehead atoms. The van der Waals surface area contributed by atoms with Crippen molar-refractivity contribution < 1.29 is 14.6 Å². The van der Waals surface area contributed by atoms with Gasteiger partial charge >= 0.3 is 0 Å². The summed E-state index contributed by atoms with van der Waals surface area (Å²) in [6, 6.07) is 0. The standard InChI is InChI=1S/C8H13ClO3/c1-11-7-8(10,6-9)4-2-3-5-12-7/h2,4,7,10H,3,5-6H2,1H3/t7-,8?/m0/s1. The summed E-state index contributed by atoms with van der Waals surface area (Å²) in [5, 5.41) is 9.85. The molecule has 0 saturated heterocycles. The van der Waals surface area contributed by atoms with Gasteiger partial charge in [-0.25, -0.2) is 0 Å². The quantitative estimate of drug-likeness (QED) is 0.522. The Kier molecular flexibility index (Phi) is 3.53. The van der Waals surface area contributed by atoms with E-state index >= 15 is 0 Å². The number of aliphatic hydroxyl groups is 1. The number of hydrogen-bond donors (Lipinski definition) is 1. The third-order valence-corrected chi connectivity index (χ3v) is 2.22. The lowest BCUT2D eigenvalue weighted by Gasteiger charge is -2.28. The maximum atomic E-state index is 9.85. The van der Waals surface area contributed by atoms with Crippen molar-refractivity contribution in [2.45, 2.75) is 18.3 Å². The zero-order valence-electron chi connectivity index (χ0n) is 7.00. The molecule has 70 valence electrons. The van der Waals surface area contributed by atoms with Crippen LogP contribution in [0.1, 0.15) is 6.42 Å². The second-order valence-electron chi connectivity index (χ2n) is 2.75. The molecule has 0 spiro atoms. The van der Waals surface area contributed by atoms with E-state index in [-0.39, 0.29) is 5.88 Å². The van der Waals surface area contributed by atoms with Crippen LogP contribution in [0.15, 0.2) is 12.2 Å². The normalized spacial score (nSPS) is 36.4. The summed E-state index contributed by atoms with van der Waals surface area (Å²) >= 11 is 5.61. The highest BCUT2D eigenvalue weighted by Gasteiger charge is 2.35. The van der Waals surface area contributed by atoms with Gasteiger partial charge in [0.25, 0.3) is 0 Å². The van der Waals surface area contributed by atoms with Crippen molar-refractivity contribution in [1.29, 1.82) is 0 Å². The first kappa shape index (κ1) is 9.99. The van der Waals surface area contributed by atoms with E-state index in [4.69, 9.17) is 21.1 Å². The highest BCUT2D eigenvalue weighted by Crippen LogP contribution is 2.21. The van der Waals surface area contributed by atoms with E-state index in [1.54, 1.807) is 6.08 Å². The van der Waals surface area contributed by atoms with Crippen LogP contribution >= 0.6 is 11.6 Å². The Labute approximate surface area is 76.9 Å². The van der Waals surface area contributed by atoms with Crippen LogP contribution in [0.2, 0.25) is 0 Å². The third-order valence-electron chi connectivity index (χ3n) is 1.80. The fourth-order valence-electron chi connectivity index (χ4n) is 1.13. The van der Waals surface area contributed by atoms with Gasteiger partial charge in [0.1, 0.15) is 5.60 Å². The van der Waals surface area contributed by atoms with Gasteiger partial charge in [0, 0.05) is 7.11 Å². The van der Waals surface area contributed by atoms with E-state index in [2.05, 4.69) is 0 Å². The summed E-state index contributed by atoms with van der Waals surface area (Å²) in [7, 11) is 1.49. The summed E-state index contributed by atoms with van der Waals surface area (Å²) in [4.78, 5) is 0. The molecule has 0 aromatic carbocycles. The SMILES string of the molecule is CO[C@H]1OCCC=CC1(O)CCl. The van der Waals surface area contributed by atoms with Crippen LogP contribution in [0.5, 0.6) is 0 Å². The van der Waals surface area contributed by atoms with Crippen LogP contribution < -0.4 is 0 Å². The zero-order valence-corrected chi connectivity index (χ0v) is 7.75. The second-order valence-corrected chi connectivity index (χ2v) is 3.02. The molecular formula is C8H13ClO3. The van der Waals surface area contributed by atoms with Crippen molar-refractivity contribution in [3.8, 4) is 0 Å². The van der Waals surface area contributed by atoms with Crippen LogP contribution in [0.3, 0.4) is 0 Å². The van der Waals surface area contributed by atoms with Crippen molar-refractivity contribution in [3.63, 3.8) is 0 Å². The minimum Gasteiger partial charge on any atom is -0.379 e. The fraction of sp³-hybridized carbons (Fsp3) is 0.750. The first-order valence-corrected chi connectivity index (χ1v) is 4.37.